The van der Waals surface area contributed by atoms with E-state index in [1.807, 2.05) is 11.0 Å². The maximum Gasteiger partial charge on any atom is 0.318 e. The van der Waals surface area contributed by atoms with Gasteiger partial charge in [-0.25, -0.2) is 4.79 Å². The summed E-state index contributed by atoms with van der Waals surface area (Å²) in [7, 11) is 0. The molecule has 0 bridgehead atoms. The highest BCUT2D eigenvalue weighted by Crippen LogP contribution is 2.46. The predicted octanol–water partition coefficient (Wildman–Crippen LogP) is 1.76. The van der Waals surface area contributed by atoms with Crippen molar-refractivity contribution in [2.45, 2.75) is 50.4 Å². The first-order valence-corrected chi connectivity index (χ1v) is 8.97. The van der Waals surface area contributed by atoms with Crippen molar-refractivity contribution in [2.24, 2.45) is 11.8 Å². The number of likely N-dealkylation sites (tertiary alicyclic amines) is 1. The van der Waals surface area contributed by atoms with Gasteiger partial charge in [0.15, 0.2) is 0 Å². The molecule has 4 rings (SSSR count). The molecule has 5 nitrogen and oxygen atoms in total. The Hall–Kier alpha value is -1.59. The fourth-order valence-electron chi connectivity index (χ4n) is 4.41. The molecule has 1 heterocycles. The van der Waals surface area contributed by atoms with Crippen molar-refractivity contribution in [3.63, 3.8) is 0 Å². The molecule has 130 valence electrons. The quantitative estimate of drug-likeness (QED) is 0.774. The van der Waals surface area contributed by atoms with Gasteiger partial charge in [-0.05, 0) is 50.0 Å². The number of aliphatic hydroxyl groups excluding tert-OH is 2. The number of hydrogen-bond donors (Lipinski definition) is 3. The minimum atomic E-state index is -0.642. The maximum absolute atomic E-state index is 12.8. The second-order valence-corrected chi connectivity index (χ2v) is 7.91. The van der Waals surface area contributed by atoms with Gasteiger partial charge in [0, 0.05) is 13.1 Å². The van der Waals surface area contributed by atoms with Crippen LogP contribution in [0.5, 0.6) is 0 Å². The molecule has 5 heteroatoms. The summed E-state index contributed by atoms with van der Waals surface area (Å²) < 4.78 is 0. The Labute approximate surface area is 142 Å². The van der Waals surface area contributed by atoms with Gasteiger partial charge >= 0.3 is 6.03 Å². The zero-order valence-electron chi connectivity index (χ0n) is 14.1. The van der Waals surface area contributed by atoms with Gasteiger partial charge in [-0.3, -0.25) is 0 Å². The fourth-order valence-corrected chi connectivity index (χ4v) is 4.41. The number of aliphatic hydroxyl groups is 2. The monoisotopic (exact) mass is 330 g/mol. The lowest BCUT2D eigenvalue weighted by Gasteiger charge is -2.31. The lowest BCUT2D eigenvalue weighted by atomic mass is 9.79. The van der Waals surface area contributed by atoms with Crippen LogP contribution < -0.4 is 5.32 Å². The topological polar surface area (TPSA) is 72.8 Å². The lowest BCUT2D eigenvalue weighted by molar-refractivity contribution is -0.0372. The van der Waals surface area contributed by atoms with Crippen LogP contribution in [-0.4, -0.2) is 46.4 Å². The molecule has 2 aliphatic carbocycles. The minimum absolute atomic E-state index is 0.00705. The van der Waals surface area contributed by atoms with Crippen LogP contribution in [0.3, 0.4) is 0 Å². The first-order chi connectivity index (χ1) is 11.5. The highest BCUT2D eigenvalue weighted by molar-refractivity contribution is 5.76. The number of nitrogens with one attached hydrogen (secondary N) is 1. The van der Waals surface area contributed by atoms with Crippen molar-refractivity contribution >= 4 is 6.03 Å². The number of hydrogen-bond acceptors (Lipinski definition) is 3. The van der Waals surface area contributed by atoms with E-state index in [1.54, 1.807) is 0 Å². The largest absolute Gasteiger partial charge is 0.390 e. The molecule has 3 aliphatic rings. The van der Waals surface area contributed by atoms with E-state index in [0.717, 1.165) is 12.8 Å². The number of rotatable bonds is 2. The minimum Gasteiger partial charge on any atom is -0.390 e. The molecule has 4 atom stereocenters. The molecular formula is C19H26N2O3. The fraction of sp³-hybridized carbons (Fsp3) is 0.632. The highest BCUT2D eigenvalue weighted by atomic mass is 16.3. The van der Waals surface area contributed by atoms with Crippen LogP contribution in [0.1, 0.15) is 36.8 Å². The number of benzene rings is 1. The van der Waals surface area contributed by atoms with Gasteiger partial charge in [0.05, 0.1) is 17.7 Å². The van der Waals surface area contributed by atoms with E-state index in [2.05, 4.69) is 30.4 Å². The number of nitrogens with zero attached hydrogens (tertiary/aromatic N) is 1. The molecule has 2 saturated carbocycles. The van der Waals surface area contributed by atoms with Gasteiger partial charge in [0.25, 0.3) is 0 Å². The van der Waals surface area contributed by atoms with E-state index in [4.69, 9.17) is 0 Å². The van der Waals surface area contributed by atoms with Gasteiger partial charge in [0.2, 0.25) is 0 Å². The molecular weight excluding hydrogens is 304 g/mol. The molecule has 1 aromatic rings. The Morgan fingerprint density at radius 3 is 2.33 bits per heavy atom. The normalized spacial score (nSPS) is 33.9. The smallest absolute Gasteiger partial charge is 0.318 e. The van der Waals surface area contributed by atoms with Crippen molar-refractivity contribution in [1.82, 2.24) is 10.2 Å². The molecule has 1 saturated heterocycles. The predicted molar refractivity (Wildman–Crippen MR) is 90.4 cm³/mol. The van der Waals surface area contributed by atoms with E-state index >= 15 is 0 Å². The summed E-state index contributed by atoms with van der Waals surface area (Å²) in [6, 6.07) is 8.36. The molecule has 3 N–H and O–H groups in total. The van der Waals surface area contributed by atoms with Crippen molar-refractivity contribution < 1.29 is 15.0 Å². The van der Waals surface area contributed by atoms with Gasteiger partial charge in [-0.15, -0.1) is 0 Å². The van der Waals surface area contributed by atoms with E-state index in [1.165, 1.54) is 11.1 Å². The molecule has 1 aliphatic heterocycles. The van der Waals surface area contributed by atoms with Crippen LogP contribution in [0.2, 0.25) is 0 Å². The zero-order chi connectivity index (χ0) is 16.9. The average molecular weight is 330 g/mol. The molecule has 24 heavy (non-hydrogen) atoms. The summed E-state index contributed by atoms with van der Waals surface area (Å²) in [4.78, 5) is 14.6. The molecule has 0 radical (unpaired) electrons. The summed E-state index contributed by atoms with van der Waals surface area (Å²) >= 11 is 0. The highest BCUT2D eigenvalue weighted by Gasteiger charge is 2.48. The third-order valence-electron chi connectivity index (χ3n) is 6.06. The van der Waals surface area contributed by atoms with E-state index in [-0.39, 0.29) is 11.6 Å². The van der Waals surface area contributed by atoms with E-state index < -0.39 is 12.2 Å². The summed E-state index contributed by atoms with van der Waals surface area (Å²) in [5, 5.41) is 23.0. The lowest BCUT2D eigenvalue weighted by Crippen LogP contribution is -2.44. The second kappa shape index (κ2) is 5.74. The Morgan fingerprint density at radius 2 is 1.79 bits per heavy atom. The Balaban J connectivity index is 1.42. The van der Waals surface area contributed by atoms with E-state index in [9.17, 15) is 15.0 Å². The Bertz CT molecular complexity index is 625. The zero-order valence-corrected chi connectivity index (χ0v) is 14.1. The maximum atomic E-state index is 12.8. The van der Waals surface area contributed by atoms with Crippen LogP contribution in [-0.2, 0) is 5.54 Å². The number of aryl methyl sites for hydroxylation is 1. The Morgan fingerprint density at radius 1 is 1.17 bits per heavy atom. The first-order valence-electron chi connectivity index (χ1n) is 8.97. The van der Waals surface area contributed by atoms with Crippen LogP contribution >= 0.6 is 0 Å². The number of urea groups is 1. The molecule has 1 aromatic carbocycles. The molecule has 0 spiro atoms. The summed E-state index contributed by atoms with van der Waals surface area (Å²) in [5.41, 5.74) is 2.21. The van der Waals surface area contributed by atoms with Gasteiger partial charge < -0.3 is 20.4 Å². The first kappa shape index (κ1) is 15.9. The van der Waals surface area contributed by atoms with Crippen molar-refractivity contribution in [1.29, 1.82) is 0 Å². The van der Waals surface area contributed by atoms with Gasteiger partial charge in [-0.2, -0.15) is 0 Å². The van der Waals surface area contributed by atoms with Crippen molar-refractivity contribution in [2.75, 3.05) is 13.1 Å². The van der Waals surface area contributed by atoms with Gasteiger partial charge in [-0.1, -0.05) is 29.8 Å². The summed E-state index contributed by atoms with van der Waals surface area (Å²) in [6.07, 6.45) is 1.88. The molecule has 3 fully saturated rings. The van der Waals surface area contributed by atoms with Crippen LogP contribution in [0.25, 0.3) is 0 Å². The van der Waals surface area contributed by atoms with Gasteiger partial charge in [0.1, 0.15) is 0 Å². The third kappa shape index (κ3) is 2.80. The molecule has 0 unspecified atom stereocenters. The van der Waals surface area contributed by atoms with Crippen molar-refractivity contribution in [3.8, 4) is 0 Å². The van der Waals surface area contributed by atoms with Crippen LogP contribution in [0.4, 0.5) is 4.79 Å². The number of fused-ring (bicyclic) bond motifs is 1. The molecule has 2 amide bonds. The SMILES string of the molecule is Cc1cccc(C2(NC(=O)N3C[C@H]4C[C@H](O)[C@H](O)C[C@H]4C3)CC2)c1. The summed E-state index contributed by atoms with van der Waals surface area (Å²) in [6.45, 7) is 3.44. The van der Waals surface area contributed by atoms with Crippen molar-refractivity contribution in [3.05, 3.63) is 35.4 Å². The number of carbonyl (C=O) groups is 1. The van der Waals surface area contributed by atoms with Crippen LogP contribution in [0.15, 0.2) is 24.3 Å². The van der Waals surface area contributed by atoms with Crippen LogP contribution in [0, 0.1) is 18.8 Å². The second-order valence-electron chi connectivity index (χ2n) is 7.91. The summed E-state index contributed by atoms with van der Waals surface area (Å²) in [5.74, 6) is 0.617. The standard InChI is InChI=1S/C19H26N2O3/c1-12-3-2-4-15(7-12)19(5-6-19)20-18(24)21-10-13-8-16(22)17(23)9-14(13)11-21/h2-4,7,13-14,16-17,22-23H,5-6,8-11H2,1H3,(H,20,24)/t13-,14+,16+,17-. The Kier molecular flexibility index (Phi) is 3.81. The third-order valence-corrected chi connectivity index (χ3v) is 6.06. The molecule has 0 aromatic heterocycles. The average Bonchev–Trinajstić information content (AvgIpc) is 3.21. The van der Waals surface area contributed by atoms with E-state index in [0.29, 0.717) is 37.8 Å². The number of amides is 2. The number of carbonyl (C=O) groups excluding carboxylic acids is 1.